The van der Waals surface area contributed by atoms with Crippen LogP contribution < -0.4 is 61.6 Å². The van der Waals surface area contributed by atoms with Gasteiger partial charge >= 0.3 is 58.4 Å². The summed E-state index contributed by atoms with van der Waals surface area (Å²) in [6.07, 6.45) is 0. The Morgan fingerprint density at radius 3 is 2.14 bits per heavy atom. The fraction of sp³-hybridized carbons (Fsp3) is 0.538. The minimum absolute atomic E-state index is 0. The van der Waals surface area contributed by atoms with Crippen LogP contribution in [0, 0.1) is 6.92 Å². The van der Waals surface area contributed by atoms with E-state index in [1.54, 1.807) is 20.8 Å². The molecule has 0 aromatic heterocycles. The Hall–Kier alpha value is 0.461. The molecule has 120 valence electrons. The largest absolute Gasteiger partial charge is 1.00 e. The zero-order valence-electron chi connectivity index (χ0n) is 13.5. The molecule has 0 heterocycles. The first-order valence-electron chi connectivity index (χ1n) is 6.50. The van der Waals surface area contributed by atoms with E-state index in [4.69, 9.17) is 4.74 Å². The van der Waals surface area contributed by atoms with E-state index in [-0.39, 0.29) is 69.5 Å². The average Bonchev–Trinajstić information content (AvgIpc) is 2.28. The molecule has 0 N–H and O–H groups in total. The molecule has 0 bridgehead atoms. The zero-order chi connectivity index (χ0) is 16.5. The summed E-state index contributed by atoms with van der Waals surface area (Å²) in [6.45, 7) is 1.14. The van der Waals surface area contributed by atoms with Gasteiger partial charge in [0.1, 0.15) is 12.4 Å². The molecule has 0 radical (unpaired) electrons. The van der Waals surface area contributed by atoms with Crippen molar-refractivity contribution in [2.75, 3.05) is 12.4 Å². The minimum atomic E-state index is -5.04. The van der Waals surface area contributed by atoms with Crippen LogP contribution in [0.5, 0.6) is 5.75 Å². The Labute approximate surface area is 172 Å². The van der Waals surface area contributed by atoms with Crippen LogP contribution >= 0.6 is 0 Å². The van der Waals surface area contributed by atoms with Gasteiger partial charge in [-0.25, -0.2) is 8.42 Å². The molecule has 1 aromatic carbocycles. The number of hydrogen-bond donors (Lipinski definition) is 0. The van der Waals surface area contributed by atoms with Gasteiger partial charge in [-0.3, -0.25) is 0 Å². The van der Waals surface area contributed by atoms with Gasteiger partial charge in [-0.1, -0.05) is 12.1 Å². The average molecular weight is 362 g/mol. The Bertz CT molecular complexity index is 610. The monoisotopic (exact) mass is 362 g/mol. The van der Waals surface area contributed by atoms with E-state index < -0.39 is 27.0 Å². The normalized spacial score (nSPS) is 12.7. The van der Waals surface area contributed by atoms with Crippen LogP contribution in [0.1, 0.15) is 26.3 Å². The zero-order valence-corrected chi connectivity index (χ0v) is 17.4. The third kappa shape index (κ3) is 6.16. The van der Waals surface area contributed by atoms with Gasteiger partial charge in [0.25, 0.3) is 0 Å². The van der Waals surface area contributed by atoms with Crippen molar-refractivity contribution in [2.24, 2.45) is 0 Å². The van der Waals surface area contributed by atoms with Crippen molar-refractivity contribution >= 4 is 22.3 Å². The molecule has 0 aliphatic carbocycles. The van der Waals surface area contributed by atoms with Crippen LogP contribution in [0.4, 0.5) is 12.9 Å². The fourth-order valence-electron chi connectivity index (χ4n) is 1.61. The van der Waals surface area contributed by atoms with Gasteiger partial charge in [-0.2, -0.15) is 0 Å². The molecule has 0 saturated heterocycles. The van der Waals surface area contributed by atoms with Crippen LogP contribution in [-0.2, 0) is 9.84 Å². The van der Waals surface area contributed by atoms with Gasteiger partial charge in [0.15, 0.2) is 9.84 Å². The van der Waals surface area contributed by atoms with Gasteiger partial charge in [-0.15, -0.1) is 5.46 Å². The van der Waals surface area contributed by atoms with E-state index in [1.807, 2.05) is 0 Å². The quantitative estimate of drug-likeness (QED) is 0.673. The Morgan fingerprint density at radius 1 is 1.18 bits per heavy atom. The Balaban J connectivity index is 0.00000441. The maximum Gasteiger partial charge on any atom is 1.00 e. The molecule has 0 unspecified atom stereocenters. The molecule has 0 fully saturated rings. The van der Waals surface area contributed by atoms with E-state index >= 15 is 0 Å². The second-order valence-corrected chi connectivity index (χ2v) is 8.74. The predicted molar refractivity (Wildman–Crippen MR) is 78.9 cm³/mol. The van der Waals surface area contributed by atoms with Gasteiger partial charge in [0, 0.05) is 0 Å². The molecule has 0 saturated carbocycles. The molecule has 0 aliphatic rings. The molecular formula is C13H19BF3KO3S. The van der Waals surface area contributed by atoms with Crippen molar-refractivity contribution < 1.29 is 77.5 Å². The predicted octanol–water partition coefficient (Wildman–Crippen LogP) is -0.354. The van der Waals surface area contributed by atoms with E-state index in [0.717, 1.165) is 12.1 Å². The Morgan fingerprint density at radius 2 is 1.73 bits per heavy atom. The third-order valence-corrected chi connectivity index (χ3v) is 5.69. The van der Waals surface area contributed by atoms with E-state index in [0.29, 0.717) is 5.56 Å². The number of sulfone groups is 1. The first-order valence-corrected chi connectivity index (χ1v) is 8.15. The summed E-state index contributed by atoms with van der Waals surface area (Å²) >= 11 is 0. The SMILES string of the molecule is Cc1cc([B-](F)(F)F)ccc1OCCS(=O)(=O)C(C)(C)C.[K+]. The number of benzene rings is 1. The van der Waals surface area contributed by atoms with Crippen LogP contribution in [0.3, 0.4) is 0 Å². The number of rotatable bonds is 5. The summed E-state index contributed by atoms with van der Waals surface area (Å²) in [6, 6.07) is 3.18. The van der Waals surface area contributed by atoms with Crippen molar-refractivity contribution in [2.45, 2.75) is 32.4 Å². The van der Waals surface area contributed by atoms with Gasteiger partial charge in [0.05, 0.1) is 10.5 Å². The van der Waals surface area contributed by atoms with Crippen LogP contribution in [0.2, 0.25) is 0 Å². The van der Waals surface area contributed by atoms with Crippen molar-refractivity contribution in [1.29, 1.82) is 0 Å². The van der Waals surface area contributed by atoms with Crippen LogP contribution in [0.15, 0.2) is 18.2 Å². The summed E-state index contributed by atoms with van der Waals surface area (Å²) in [5.41, 5.74) is -0.359. The summed E-state index contributed by atoms with van der Waals surface area (Å²) in [5, 5.41) is 0. The topological polar surface area (TPSA) is 43.4 Å². The number of hydrogen-bond acceptors (Lipinski definition) is 3. The van der Waals surface area contributed by atoms with Gasteiger partial charge in [-0.05, 0) is 39.3 Å². The summed E-state index contributed by atoms with van der Waals surface area (Å²) in [4.78, 5) is 0. The molecule has 0 amide bonds. The summed E-state index contributed by atoms with van der Waals surface area (Å²) in [5.74, 6) is 0.0869. The minimum Gasteiger partial charge on any atom is -0.492 e. The van der Waals surface area contributed by atoms with Gasteiger partial charge < -0.3 is 17.7 Å². The molecule has 1 aromatic rings. The fourth-order valence-corrected chi connectivity index (χ4v) is 2.52. The maximum absolute atomic E-state index is 12.6. The second kappa shape index (κ2) is 8.02. The second-order valence-electron chi connectivity index (χ2n) is 5.88. The van der Waals surface area contributed by atoms with E-state index in [2.05, 4.69) is 0 Å². The molecule has 0 spiro atoms. The Kier molecular flexibility index (Phi) is 8.19. The van der Waals surface area contributed by atoms with Gasteiger partial charge in [0.2, 0.25) is 0 Å². The van der Waals surface area contributed by atoms with Crippen molar-refractivity contribution in [3.8, 4) is 5.75 Å². The molecule has 1 rings (SSSR count). The first-order chi connectivity index (χ1) is 9.34. The maximum atomic E-state index is 12.6. The molecule has 0 atom stereocenters. The van der Waals surface area contributed by atoms with Crippen molar-refractivity contribution in [3.05, 3.63) is 23.8 Å². The molecule has 9 heteroatoms. The third-order valence-electron chi connectivity index (χ3n) is 3.12. The molecular weight excluding hydrogens is 343 g/mol. The van der Waals surface area contributed by atoms with Crippen LogP contribution in [0.25, 0.3) is 0 Å². The molecule has 22 heavy (non-hydrogen) atoms. The van der Waals surface area contributed by atoms with Crippen molar-refractivity contribution in [3.63, 3.8) is 0 Å². The molecule has 3 nitrogen and oxygen atoms in total. The van der Waals surface area contributed by atoms with Crippen LogP contribution in [-0.4, -0.2) is 32.5 Å². The van der Waals surface area contributed by atoms with E-state index in [1.165, 1.54) is 13.0 Å². The number of halogens is 3. The summed E-state index contributed by atoms with van der Waals surface area (Å²) < 4.78 is 65.9. The first kappa shape index (κ1) is 22.5. The van der Waals surface area contributed by atoms with E-state index in [9.17, 15) is 21.4 Å². The summed E-state index contributed by atoms with van der Waals surface area (Å²) in [7, 11) is -3.31. The van der Waals surface area contributed by atoms with Crippen molar-refractivity contribution in [1.82, 2.24) is 0 Å². The number of ether oxygens (including phenoxy) is 1. The smallest absolute Gasteiger partial charge is 0.492 e. The number of aryl methyl sites for hydroxylation is 1. The molecule has 0 aliphatic heterocycles. The standard InChI is InChI=1S/C13H19BF3O3S.K/c1-10-9-11(14(15,16)17)5-6-12(10)20-7-8-21(18,19)13(2,3)4;/h5-6,9H,7-8H2,1-4H3;/q-1;+1.